The lowest BCUT2D eigenvalue weighted by molar-refractivity contribution is 1.31. The normalized spacial score (nSPS) is 8.89. The molecule has 0 aliphatic rings. The minimum absolute atomic E-state index is 0.837. The van der Waals surface area contributed by atoms with Crippen molar-refractivity contribution in [3.63, 3.8) is 0 Å². The summed E-state index contributed by atoms with van der Waals surface area (Å²) in [5, 5.41) is 4.67. The summed E-state index contributed by atoms with van der Waals surface area (Å²) in [7, 11) is 0. The molecule has 3 rings (SSSR count). The standard InChI is InChI=1S/C10H6N2S.C3H2BrNS/c1-2-9(8-11-5-1)3-4-10-12-6-7-13-10;4-3-5-1-2-6-3/h1-2,5-8H;1-2H. The molecule has 0 aliphatic carbocycles. The number of hydrogen-bond acceptors (Lipinski definition) is 5. The fourth-order valence-electron chi connectivity index (χ4n) is 1.05. The van der Waals surface area contributed by atoms with E-state index in [-0.39, 0.29) is 0 Å². The van der Waals surface area contributed by atoms with E-state index >= 15 is 0 Å². The third-order valence-electron chi connectivity index (χ3n) is 1.81. The second kappa shape index (κ2) is 7.79. The van der Waals surface area contributed by atoms with Crippen LogP contribution in [-0.2, 0) is 0 Å². The highest BCUT2D eigenvalue weighted by Gasteiger charge is 1.86. The zero-order chi connectivity index (χ0) is 13.3. The monoisotopic (exact) mass is 349 g/mol. The molecule has 0 spiro atoms. The topological polar surface area (TPSA) is 38.7 Å². The molecule has 0 bridgehead atoms. The van der Waals surface area contributed by atoms with Crippen LogP contribution in [0.4, 0.5) is 0 Å². The van der Waals surface area contributed by atoms with Crippen molar-refractivity contribution in [3.8, 4) is 11.8 Å². The highest BCUT2D eigenvalue weighted by molar-refractivity contribution is 9.11. The van der Waals surface area contributed by atoms with Gasteiger partial charge in [-0.3, -0.25) is 4.98 Å². The summed E-state index contributed by atoms with van der Waals surface area (Å²) in [5.41, 5.74) is 0.915. The molecule has 0 saturated heterocycles. The Morgan fingerprint density at radius 1 is 1.00 bits per heavy atom. The highest BCUT2D eigenvalue weighted by Crippen LogP contribution is 2.10. The largest absolute Gasteiger partial charge is 0.263 e. The predicted molar refractivity (Wildman–Crippen MR) is 82.1 cm³/mol. The third-order valence-corrected chi connectivity index (χ3v) is 3.82. The fourth-order valence-corrected chi connectivity index (χ4v) is 2.33. The lowest BCUT2D eigenvalue weighted by Gasteiger charge is -1.84. The number of rotatable bonds is 0. The fraction of sp³-hybridized carbons (Fsp3) is 0. The van der Waals surface area contributed by atoms with Gasteiger partial charge in [0.15, 0.2) is 8.92 Å². The number of nitrogens with zero attached hydrogens (tertiary/aromatic N) is 3. The Hall–Kier alpha value is -1.55. The van der Waals surface area contributed by atoms with E-state index < -0.39 is 0 Å². The molecule has 6 heteroatoms. The maximum Gasteiger partial charge on any atom is 0.167 e. The Bertz CT molecular complexity index is 640. The molecule has 0 saturated carbocycles. The molecule has 3 aromatic heterocycles. The van der Waals surface area contributed by atoms with Crippen molar-refractivity contribution < 1.29 is 0 Å². The van der Waals surface area contributed by atoms with Crippen LogP contribution < -0.4 is 0 Å². The Morgan fingerprint density at radius 2 is 1.84 bits per heavy atom. The number of aromatic nitrogens is 3. The van der Waals surface area contributed by atoms with Crippen LogP contribution >= 0.6 is 38.6 Å². The summed E-state index contributed by atoms with van der Waals surface area (Å²) in [6.07, 6.45) is 6.97. The average Bonchev–Trinajstić information content (AvgIpc) is 3.11. The first-order valence-corrected chi connectivity index (χ1v) is 7.76. The van der Waals surface area contributed by atoms with Gasteiger partial charge < -0.3 is 0 Å². The van der Waals surface area contributed by atoms with Gasteiger partial charge in [0.05, 0.1) is 0 Å². The van der Waals surface area contributed by atoms with Gasteiger partial charge in [-0.15, -0.1) is 22.7 Å². The Kier molecular flexibility index (Phi) is 5.69. The smallest absolute Gasteiger partial charge is 0.167 e. The van der Waals surface area contributed by atoms with Gasteiger partial charge in [-0.2, -0.15) is 0 Å². The van der Waals surface area contributed by atoms with Gasteiger partial charge in [-0.05, 0) is 34.0 Å². The van der Waals surface area contributed by atoms with Gasteiger partial charge in [0.1, 0.15) is 0 Å². The molecule has 3 heterocycles. The summed E-state index contributed by atoms with van der Waals surface area (Å²) in [6, 6.07) is 3.79. The van der Waals surface area contributed by atoms with E-state index in [0.717, 1.165) is 14.5 Å². The van der Waals surface area contributed by atoms with E-state index in [9.17, 15) is 0 Å². The Morgan fingerprint density at radius 3 is 2.37 bits per heavy atom. The Balaban J connectivity index is 0.000000186. The van der Waals surface area contributed by atoms with Gasteiger partial charge in [0.25, 0.3) is 0 Å². The van der Waals surface area contributed by atoms with Crippen LogP contribution in [0.1, 0.15) is 10.6 Å². The van der Waals surface area contributed by atoms with Crippen molar-refractivity contribution in [1.29, 1.82) is 0 Å². The summed E-state index contributed by atoms with van der Waals surface area (Å²) in [6.45, 7) is 0. The van der Waals surface area contributed by atoms with Gasteiger partial charge in [-0.1, -0.05) is 5.92 Å². The molecule has 0 unspecified atom stereocenters. The van der Waals surface area contributed by atoms with Crippen molar-refractivity contribution in [2.24, 2.45) is 0 Å². The molecule has 0 aromatic carbocycles. The minimum atomic E-state index is 0.837. The lowest BCUT2D eigenvalue weighted by Crippen LogP contribution is -1.75. The quantitative estimate of drug-likeness (QED) is 0.578. The molecular weight excluding hydrogens is 342 g/mol. The van der Waals surface area contributed by atoms with Crippen LogP contribution in [0, 0.1) is 11.8 Å². The number of halogens is 1. The van der Waals surface area contributed by atoms with Gasteiger partial charge in [0.2, 0.25) is 0 Å². The number of pyridine rings is 1. The SMILES string of the molecule is Brc1nccs1.C(#Cc1nccs1)c1cccnc1. The van der Waals surface area contributed by atoms with Gasteiger partial charge in [0, 0.05) is 41.1 Å². The second-order valence-electron chi connectivity index (χ2n) is 3.11. The van der Waals surface area contributed by atoms with E-state index in [1.165, 1.54) is 11.3 Å². The zero-order valence-corrected chi connectivity index (χ0v) is 12.9. The molecule has 0 N–H and O–H groups in total. The molecule has 19 heavy (non-hydrogen) atoms. The summed E-state index contributed by atoms with van der Waals surface area (Å²) in [4.78, 5) is 11.9. The first-order valence-electron chi connectivity index (χ1n) is 5.21. The maximum atomic E-state index is 4.06. The van der Waals surface area contributed by atoms with Crippen molar-refractivity contribution in [2.75, 3.05) is 0 Å². The van der Waals surface area contributed by atoms with E-state index in [0.29, 0.717) is 0 Å². The van der Waals surface area contributed by atoms with Gasteiger partial charge in [-0.25, -0.2) is 9.97 Å². The molecule has 3 nitrogen and oxygen atoms in total. The molecule has 0 fully saturated rings. The van der Waals surface area contributed by atoms with Crippen molar-refractivity contribution in [1.82, 2.24) is 15.0 Å². The van der Waals surface area contributed by atoms with Gasteiger partial charge >= 0.3 is 0 Å². The van der Waals surface area contributed by atoms with Crippen molar-refractivity contribution >= 4 is 38.6 Å². The first kappa shape index (κ1) is 13.9. The average molecular weight is 350 g/mol. The molecule has 3 aromatic rings. The molecule has 0 atom stereocenters. The predicted octanol–water partition coefficient (Wildman–Crippen LogP) is 3.84. The molecule has 0 radical (unpaired) electrons. The van der Waals surface area contributed by atoms with Crippen molar-refractivity contribution in [3.05, 3.63) is 62.2 Å². The van der Waals surface area contributed by atoms with Crippen LogP contribution in [0.5, 0.6) is 0 Å². The maximum absolute atomic E-state index is 4.06. The molecule has 94 valence electrons. The minimum Gasteiger partial charge on any atom is -0.263 e. The second-order valence-corrected chi connectivity index (χ2v) is 6.18. The highest BCUT2D eigenvalue weighted by atomic mass is 79.9. The zero-order valence-electron chi connectivity index (χ0n) is 9.65. The van der Waals surface area contributed by atoms with E-state index in [1.807, 2.05) is 22.9 Å². The summed E-state index contributed by atoms with van der Waals surface area (Å²) < 4.78 is 0.947. The molecule has 0 aliphatic heterocycles. The number of hydrogen-bond donors (Lipinski definition) is 0. The molecule has 0 amide bonds. The Labute approximate surface area is 127 Å². The van der Waals surface area contributed by atoms with Crippen LogP contribution in [0.15, 0.2) is 51.6 Å². The van der Waals surface area contributed by atoms with Crippen LogP contribution in [0.3, 0.4) is 0 Å². The summed E-state index contributed by atoms with van der Waals surface area (Å²) in [5.74, 6) is 5.94. The van der Waals surface area contributed by atoms with Crippen LogP contribution in [0.25, 0.3) is 0 Å². The third kappa shape index (κ3) is 5.30. The van der Waals surface area contributed by atoms with E-state index in [1.54, 1.807) is 36.1 Å². The van der Waals surface area contributed by atoms with Crippen molar-refractivity contribution in [2.45, 2.75) is 0 Å². The summed E-state index contributed by atoms with van der Waals surface area (Å²) >= 11 is 6.31. The molecular formula is C13H8BrN3S2. The lowest BCUT2D eigenvalue weighted by atomic mass is 10.3. The van der Waals surface area contributed by atoms with Crippen LogP contribution in [0.2, 0.25) is 0 Å². The van der Waals surface area contributed by atoms with Crippen LogP contribution in [-0.4, -0.2) is 15.0 Å². The number of thiazole rings is 2. The van der Waals surface area contributed by atoms with E-state index in [4.69, 9.17) is 0 Å². The van der Waals surface area contributed by atoms with E-state index in [2.05, 4.69) is 42.7 Å². The first-order chi connectivity index (χ1) is 9.34.